The SMILES string of the molecule is COc1cc2ncnc(Nc3cccc(Cl)c3F)c2cc1OC1CCC(N2CCCCC2)CC1. The maximum absolute atomic E-state index is 14.5. The lowest BCUT2D eigenvalue weighted by Crippen LogP contribution is -2.42. The Kier molecular flexibility index (Phi) is 7.02. The third-order valence-electron chi connectivity index (χ3n) is 6.97. The van der Waals surface area contributed by atoms with Crippen molar-refractivity contribution in [2.75, 3.05) is 25.5 Å². The molecule has 1 saturated heterocycles. The van der Waals surface area contributed by atoms with Gasteiger partial charge in [0.05, 0.1) is 29.4 Å². The maximum Gasteiger partial charge on any atom is 0.165 e. The fraction of sp³-hybridized carbons (Fsp3) is 0.462. The van der Waals surface area contributed by atoms with Gasteiger partial charge in [-0.3, -0.25) is 0 Å². The average Bonchev–Trinajstić information content (AvgIpc) is 2.88. The lowest BCUT2D eigenvalue weighted by molar-refractivity contribution is 0.0757. The fourth-order valence-electron chi connectivity index (χ4n) is 5.13. The number of aromatic nitrogens is 2. The number of methoxy groups -OCH3 is 1. The molecule has 2 aliphatic rings. The van der Waals surface area contributed by atoms with Gasteiger partial charge in [0, 0.05) is 17.5 Å². The number of hydrogen-bond acceptors (Lipinski definition) is 6. The van der Waals surface area contributed by atoms with E-state index in [1.54, 1.807) is 19.2 Å². The molecule has 0 spiro atoms. The van der Waals surface area contributed by atoms with Gasteiger partial charge in [0.1, 0.15) is 12.1 Å². The number of nitrogens with one attached hydrogen (secondary N) is 1. The first-order chi connectivity index (χ1) is 16.6. The summed E-state index contributed by atoms with van der Waals surface area (Å²) in [6.07, 6.45) is 9.94. The van der Waals surface area contributed by atoms with Gasteiger partial charge >= 0.3 is 0 Å². The lowest BCUT2D eigenvalue weighted by atomic mass is 9.90. The predicted octanol–water partition coefficient (Wildman–Crippen LogP) is 6.35. The number of anilines is 2. The largest absolute Gasteiger partial charge is 0.493 e. The topological polar surface area (TPSA) is 59.5 Å². The molecule has 2 aromatic carbocycles. The summed E-state index contributed by atoms with van der Waals surface area (Å²) in [4.78, 5) is 11.4. The molecule has 2 heterocycles. The fourth-order valence-corrected chi connectivity index (χ4v) is 5.31. The van der Waals surface area contributed by atoms with Crippen molar-refractivity contribution in [3.05, 3.63) is 47.5 Å². The first-order valence-corrected chi connectivity index (χ1v) is 12.4. The molecule has 6 nitrogen and oxygen atoms in total. The number of piperidine rings is 1. The van der Waals surface area contributed by atoms with Gasteiger partial charge in [-0.05, 0) is 69.8 Å². The molecule has 5 rings (SSSR count). The highest BCUT2D eigenvalue weighted by atomic mass is 35.5. The number of halogens is 2. The molecule has 1 N–H and O–H groups in total. The monoisotopic (exact) mass is 484 g/mol. The number of benzene rings is 2. The number of fused-ring (bicyclic) bond motifs is 1. The van der Waals surface area contributed by atoms with E-state index >= 15 is 0 Å². The Morgan fingerprint density at radius 1 is 1.03 bits per heavy atom. The van der Waals surface area contributed by atoms with Crippen LogP contribution in [0.4, 0.5) is 15.9 Å². The van der Waals surface area contributed by atoms with Gasteiger partial charge in [-0.2, -0.15) is 0 Å². The molecule has 3 aromatic rings. The molecule has 1 aromatic heterocycles. The first kappa shape index (κ1) is 23.1. The van der Waals surface area contributed by atoms with Crippen LogP contribution in [0.3, 0.4) is 0 Å². The van der Waals surface area contributed by atoms with E-state index in [1.165, 1.54) is 44.7 Å². The Hall–Kier alpha value is -2.64. The van der Waals surface area contributed by atoms with Crippen molar-refractivity contribution in [2.45, 2.75) is 57.1 Å². The Morgan fingerprint density at radius 3 is 2.59 bits per heavy atom. The van der Waals surface area contributed by atoms with Gasteiger partial charge in [0.15, 0.2) is 17.3 Å². The normalized spacial score (nSPS) is 21.4. The lowest BCUT2D eigenvalue weighted by Gasteiger charge is -2.38. The van der Waals surface area contributed by atoms with E-state index in [0.717, 1.165) is 31.1 Å². The summed E-state index contributed by atoms with van der Waals surface area (Å²) in [5, 5.41) is 3.83. The highest BCUT2D eigenvalue weighted by Gasteiger charge is 2.28. The van der Waals surface area contributed by atoms with Crippen LogP contribution in [-0.2, 0) is 0 Å². The van der Waals surface area contributed by atoms with Crippen molar-refractivity contribution in [2.24, 2.45) is 0 Å². The van der Waals surface area contributed by atoms with Crippen LogP contribution < -0.4 is 14.8 Å². The van der Waals surface area contributed by atoms with Gasteiger partial charge in [0.25, 0.3) is 0 Å². The molecule has 0 bridgehead atoms. The summed E-state index contributed by atoms with van der Waals surface area (Å²) in [5.74, 6) is 1.24. The summed E-state index contributed by atoms with van der Waals surface area (Å²) in [6.45, 7) is 2.47. The van der Waals surface area contributed by atoms with E-state index in [-0.39, 0.29) is 16.8 Å². The van der Waals surface area contributed by atoms with Crippen molar-refractivity contribution in [1.82, 2.24) is 14.9 Å². The summed E-state index contributed by atoms with van der Waals surface area (Å²) >= 11 is 5.94. The Bertz CT molecular complexity index is 1150. The Morgan fingerprint density at radius 2 is 1.82 bits per heavy atom. The average molecular weight is 485 g/mol. The second kappa shape index (κ2) is 10.3. The molecule has 0 radical (unpaired) electrons. The first-order valence-electron chi connectivity index (χ1n) is 12.1. The molecule has 1 saturated carbocycles. The van der Waals surface area contributed by atoms with Crippen LogP contribution in [0, 0.1) is 5.82 Å². The summed E-state index contributed by atoms with van der Waals surface area (Å²) in [5.41, 5.74) is 0.930. The molecular weight excluding hydrogens is 455 g/mol. The van der Waals surface area contributed by atoms with Crippen LogP contribution in [-0.4, -0.2) is 47.2 Å². The molecule has 8 heteroatoms. The highest BCUT2D eigenvalue weighted by Crippen LogP contribution is 2.38. The minimum atomic E-state index is -0.522. The number of hydrogen-bond donors (Lipinski definition) is 1. The number of rotatable bonds is 6. The van der Waals surface area contributed by atoms with E-state index in [2.05, 4.69) is 20.2 Å². The third-order valence-corrected chi connectivity index (χ3v) is 7.26. The van der Waals surface area contributed by atoms with Crippen molar-refractivity contribution < 1.29 is 13.9 Å². The molecule has 1 aliphatic heterocycles. The van der Waals surface area contributed by atoms with Crippen LogP contribution in [0.1, 0.15) is 44.9 Å². The van der Waals surface area contributed by atoms with Gasteiger partial charge in [-0.15, -0.1) is 0 Å². The number of likely N-dealkylation sites (tertiary alicyclic amines) is 1. The zero-order valence-electron chi connectivity index (χ0n) is 19.4. The molecular formula is C26H30ClFN4O2. The quantitative estimate of drug-likeness (QED) is 0.440. The minimum absolute atomic E-state index is 0.0502. The van der Waals surface area contributed by atoms with Crippen molar-refractivity contribution in [1.29, 1.82) is 0 Å². The van der Waals surface area contributed by atoms with Crippen LogP contribution in [0.5, 0.6) is 11.5 Å². The molecule has 180 valence electrons. The van der Waals surface area contributed by atoms with Crippen molar-refractivity contribution in [3.8, 4) is 11.5 Å². The van der Waals surface area contributed by atoms with Crippen LogP contribution in [0.2, 0.25) is 5.02 Å². The number of nitrogens with zero attached hydrogens (tertiary/aromatic N) is 3. The number of ether oxygens (including phenoxy) is 2. The molecule has 0 unspecified atom stereocenters. The van der Waals surface area contributed by atoms with Crippen molar-refractivity contribution >= 4 is 34.0 Å². The zero-order chi connectivity index (χ0) is 23.5. The summed E-state index contributed by atoms with van der Waals surface area (Å²) in [6, 6.07) is 9.22. The van der Waals surface area contributed by atoms with Crippen molar-refractivity contribution in [3.63, 3.8) is 0 Å². The summed E-state index contributed by atoms with van der Waals surface area (Å²) in [7, 11) is 1.63. The van der Waals surface area contributed by atoms with Gasteiger partial charge in [-0.1, -0.05) is 24.1 Å². The highest BCUT2D eigenvalue weighted by molar-refractivity contribution is 6.31. The predicted molar refractivity (Wildman–Crippen MR) is 133 cm³/mol. The van der Waals surface area contributed by atoms with Gasteiger partial charge in [0.2, 0.25) is 0 Å². The molecule has 0 amide bonds. The standard InChI is InChI=1S/C26H30ClFN4O2/c1-33-23-15-22-19(26(30-16-29-22)31-21-7-5-6-20(27)25(21)28)14-24(23)34-18-10-8-17(9-11-18)32-12-3-2-4-13-32/h5-7,14-18H,2-4,8-13H2,1H3,(H,29,30,31). The van der Waals surface area contributed by atoms with E-state index < -0.39 is 5.82 Å². The zero-order valence-corrected chi connectivity index (χ0v) is 20.2. The van der Waals surface area contributed by atoms with E-state index in [4.69, 9.17) is 21.1 Å². The third kappa shape index (κ3) is 4.91. The molecule has 1 aliphatic carbocycles. The minimum Gasteiger partial charge on any atom is -0.493 e. The second-order valence-corrected chi connectivity index (χ2v) is 9.52. The van der Waals surface area contributed by atoms with Crippen LogP contribution >= 0.6 is 11.6 Å². The van der Waals surface area contributed by atoms with E-state index in [0.29, 0.717) is 28.9 Å². The molecule has 0 atom stereocenters. The smallest absolute Gasteiger partial charge is 0.165 e. The Balaban J connectivity index is 1.36. The van der Waals surface area contributed by atoms with Gasteiger partial charge in [-0.25, -0.2) is 14.4 Å². The van der Waals surface area contributed by atoms with E-state index in [1.807, 2.05) is 12.1 Å². The molecule has 34 heavy (non-hydrogen) atoms. The van der Waals surface area contributed by atoms with Gasteiger partial charge < -0.3 is 19.7 Å². The second-order valence-electron chi connectivity index (χ2n) is 9.11. The molecule has 2 fully saturated rings. The van der Waals surface area contributed by atoms with Crippen LogP contribution in [0.15, 0.2) is 36.7 Å². The maximum atomic E-state index is 14.5. The van der Waals surface area contributed by atoms with E-state index in [9.17, 15) is 4.39 Å². The van der Waals surface area contributed by atoms with Crippen LogP contribution in [0.25, 0.3) is 10.9 Å². The Labute approximate surface area is 204 Å². The summed E-state index contributed by atoms with van der Waals surface area (Å²) < 4.78 is 26.5.